The minimum atomic E-state index is -0.626. The number of benzene rings is 2. The zero-order valence-electron chi connectivity index (χ0n) is 14.0. The Labute approximate surface area is 163 Å². The largest absolute Gasteiger partial charge is 0.395 e. The molecule has 0 radical (unpaired) electrons. The molecule has 0 saturated carbocycles. The number of hydrogen-bond donors (Lipinski definition) is 3. The first-order chi connectivity index (χ1) is 12.9. The second-order valence-electron chi connectivity index (χ2n) is 5.35. The van der Waals surface area contributed by atoms with Crippen LogP contribution in [-0.4, -0.2) is 35.0 Å². The van der Waals surface area contributed by atoms with Gasteiger partial charge in [0, 0.05) is 28.7 Å². The molecule has 2 amide bonds. The van der Waals surface area contributed by atoms with E-state index in [-0.39, 0.29) is 24.5 Å². The lowest BCUT2D eigenvalue weighted by Crippen LogP contribution is -2.36. The molecule has 0 atom stereocenters. The average molecular weight is 434 g/mol. The average Bonchev–Trinajstić information content (AvgIpc) is 2.65. The van der Waals surface area contributed by atoms with Crippen molar-refractivity contribution in [2.45, 2.75) is 0 Å². The van der Waals surface area contributed by atoms with E-state index < -0.39 is 16.7 Å². The molecule has 2 aromatic carbocycles. The molecular weight excluding hydrogens is 418 g/mol. The van der Waals surface area contributed by atoms with Gasteiger partial charge in [-0.3, -0.25) is 19.7 Å². The van der Waals surface area contributed by atoms with Gasteiger partial charge in [0.2, 0.25) is 0 Å². The molecule has 0 bridgehead atoms. The fraction of sp³-hybridized carbons (Fsp3) is 0.111. The Bertz CT molecular complexity index is 898. The van der Waals surface area contributed by atoms with Gasteiger partial charge in [0.25, 0.3) is 17.5 Å². The first-order valence-electron chi connectivity index (χ1n) is 7.83. The number of nitro groups is 1. The van der Waals surface area contributed by atoms with Crippen LogP contribution in [0.1, 0.15) is 15.9 Å². The lowest BCUT2D eigenvalue weighted by atomic mass is 10.1. The maximum atomic E-state index is 12.4. The van der Waals surface area contributed by atoms with Crippen molar-refractivity contribution in [2.75, 3.05) is 13.2 Å². The zero-order valence-corrected chi connectivity index (χ0v) is 15.6. The highest BCUT2D eigenvalue weighted by Crippen LogP contribution is 2.16. The lowest BCUT2D eigenvalue weighted by Gasteiger charge is -2.11. The summed E-state index contributed by atoms with van der Waals surface area (Å²) in [5.74, 6) is -1.15. The standard InChI is InChI=1S/C18H16BrN3O5/c19-14-5-2-4-13(11-14)17(24)21-16(18(25)20-7-8-23)10-12-3-1-6-15(9-12)22(26)27/h1-6,9-11,23H,7-8H2,(H,20,25)(H,21,24). The van der Waals surface area contributed by atoms with Crippen molar-refractivity contribution in [3.05, 3.63) is 79.9 Å². The second kappa shape index (κ2) is 9.60. The number of carbonyl (C=O) groups is 2. The van der Waals surface area contributed by atoms with Crippen LogP contribution >= 0.6 is 15.9 Å². The number of nitro benzene ring substituents is 1. The van der Waals surface area contributed by atoms with Gasteiger partial charge in [0.15, 0.2) is 0 Å². The number of aliphatic hydroxyl groups excluding tert-OH is 1. The molecule has 0 heterocycles. The summed E-state index contributed by atoms with van der Waals surface area (Å²) in [5, 5.41) is 24.7. The minimum Gasteiger partial charge on any atom is -0.395 e. The summed E-state index contributed by atoms with van der Waals surface area (Å²) in [6.07, 6.45) is 1.33. The van der Waals surface area contributed by atoms with E-state index in [2.05, 4.69) is 26.6 Å². The summed E-state index contributed by atoms with van der Waals surface area (Å²) < 4.78 is 0.698. The normalized spacial score (nSPS) is 11.0. The molecule has 27 heavy (non-hydrogen) atoms. The minimum absolute atomic E-state index is 0.00212. The number of aliphatic hydroxyl groups is 1. The van der Waals surface area contributed by atoms with Gasteiger partial charge >= 0.3 is 0 Å². The first-order valence-corrected chi connectivity index (χ1v) is 8.62. The second-order valence-corrected chi connectivity index (χ2v) is 6.27. The van der Waals surface area contributed by atoms with Crippen molar-refractivity contribution in [3.8, 4) is 0 Å². The summed E-state index contributed by atoms with van der Waals surface area (Å²) in [7, 11) is 0. The van der Waals surface area contributed by atoms with Crippen LogP contribution < -0.4 is 10.6 Å². The fourth-order valence-corrected chi connectivity index (χ4v) is 2.54. The van der Waals surface area contributed by atoms with Gasteiger partial charge in [-0.25, -0.2) is 0 Å². The van der Waals surface area contributed by atoms with Crippen LogP contribution in [0.15, 0.2) is 58.7 Å². The molecule has 3 N–H and O–H groups in total. The molecule has 2 aromatic rings. The van der Waals surface area contributed by atoms with Crippen molar-refractivity contribution in [2.24, 2.45) is 0 Å². The molecule has 0 spiro atoms. The highest BCUT2D eigenvalue weighted by Gasteiger charge is 2.15. The molecule has 0 aliphatic rings. The number of non-ortho nitro benzene ring substituents is 1. The van der Waals surface area contributed by atoms with Crippen LogP contribution in [0.5, 0.6) is 0 Å². The third kappa shape index (κ3) is 6.01. The molecule has 9 heteroatoms. The van der Waals surface area contributed by atoms with Crippen molar-refractivity contribution in [1.82, 2.24) is 10.6 Å². The van der Waals surface area contributed by atoms with E-state index in [1.807, 2.05) is 0 Å². The Morgan fingerprint density at radius 2 is 1.93 bits per heavy atom. The number of nitrogens with one attached hydrogen (secondary N) is 2. The lowest BCUT2D eigenvalue weighted by molar-refractivity contribution is -0.384. The van der Waals surface area contributed by atoms with Crippen molar-refractivity contribution in [1.29, 1.82) is 0 Å². The van der Waals surface area contributed by atoms with Crippen LogP contribution in [0.4, 0.5) is 5.69 Å². The highest BCUT2D eigenvalue weighted by molar-refractivity contribution is 9.10. The number of nitrogens with zero attached hydrogens (tertiary/aromatic N) is 1. The van der Waals surface area contributed by atoms with E-state index in [0.717, 1.165) is 0 Å². The van der Waals surface area contributed by atoms with Crippen LogP contribution in [0.2, 0.25) is 0 Å². The summed E-state index contributed by atoms with van der Waals surface area (Å²) in [5.41, 5.74) is 0.447. The molecule has 8 nitrogen and oxygen atoms in total. The number of halogens is 1. The summed E-state index contributed by atoms with van der Waals surface area (Å²) in [6, 6.07) is 12.2. The predicted octanol–water partition coefficient (Wildman–Crippen LogP) is 2.24. The Balaban J connectivity index is 2.33. The van der Waals surface area contributed by atoms with Gasteiger partial charge in [-0.2, -0.15) is 0 Å². The van der Waals surface area contributed by atoms with Crippen molar-refractivity contribution < 1.29 is 19.6 Å². The summed E-state index contributed by atoms with van der Waals surface area (Å²) in [6.45, 7) is -0.271. The molecule has 140 valence electrons. The molecule has 0 saturated heterocycles. The van der Waals surface area contributed by atoms with Crippen LogP contribution in [0, 0.1) is 10.1 Å². The van der Waals surface area contributed by atoms with Gasteiger partial charge in [-0.15, -0.1) is 0 Å². The van der Waals surface area contributed by atoms with Crippen molar-refractivity contribution >= 4 is 39.5 Å². The van der Waals surface area contributed by atoms with E-state index >= 15 is 0 Å². The Morgan fingerprint density at radius 3 is 2.59 bits per heavy atom. The summed E-state index contributed by atoms with van der Waals surface area (Å²) in [4.78, 5) is 35.1. The van der Waals surface area contributed by atoms with E-state index in [0.29, 0.717) is 15.6 Å². The number of amides is 2. The van der Waals surface area contributed by atoms with E-state index in [4.69, 9.17) is 5.11 Å². The fourth-order valence-electron chi connectivity index (χ4n) is 2.14. The van der Waals surface area contributed by atoms with Gasteiger partial charge in [0.1, 0.15) is 5.70 Å². The Kier molecular flexibility index (Phi) is 7.21. The molecule has 0 aliphatic heterocycles. The van der Waals surface area contributed by atoms with E-state index in [1.165, 1.54) is 24.3 Å². The topological polar surface area (TPSA) is 122 Å². The molecule has 0 unspecified atom stereocenters. The van der Waals surface area contributed by atoms with Crippen LogP contribution in [0.25, 0.3) is 6.08 Å². The number of carbonyl (C=O) groups excluding carboxylic acids is 2. The highest BCUT2D eigenvalue weighted by atomic mass is 79.9. The number of rotatable bonds is 7. The summed E-state index contributed by atoms with van der Waals surface area (Å²) >= 11 is 3.27. The van der Waals surface area contributed by atoms with E-state index in [9.17, 15) is 19.7 Å². The first kappa shape index (κ1) is 20.3. The SMILES string of the molecule is O=C(NCCO)C(=Cc1cccc([N+](=O)[O-])c1)NC(=O)c1cccc(Br)c1. The number of hydrogen-bond acceptors (Lipinski definition) is 5. The monoisotopic (exact) mass is 433 g/mol. The molecule has 2 rings (SSSR count). The molecular formula is C18H16BrN3O5. The third-order valence-electron chi connectivity index (χ3n) is 3.37. The van der Waals surface area contributed by atoms with Crippen LogP contribution in [0.3, 0.4) is 0 Å². The zero-order chi connectivity index (χ0) is 19.8. The quantitative estimate of drug-likeness (QED) is 0.351. The smallest absolute Gasteiger partial charge is 0.270 e. The van der Waals surface area contributed by atoms with Crippen molar-refractivity contribution in [3.63, 3.8) is 0 Å². The predicted molar refractivity (Wildman–Crippen MR) is 103 cm³/mol. The molecule has 0 aromatic heterocycles. The van der Waals surface area contributed by atoms with Gasteiger partial charge in [-0.1, -0.05) is 34.1 Å². The molecule has 0 aliphatic carbocycles. The Hall–Kier alpha value is -3.04. The third-order valence-corrected chi connectivity index (χ3v) is 3.86. The maximum Gasteiger partial charge on any atom is 0.270 e. The maximum absolute atomic E-state index is 12.4. The van der Waals surface area contributed by atoms with Gasteiger partial charge < -0.3 is 15.7 Å². The van der Waals surface area contributed by atoms with E-state index in [1.54, 1.807) is 30.3 Å². The molecule has 0 fully saturated rings. The Morgan fingerprint density at radius 1 is 1.19 bits per heavy atom. The van der Waals surface area contributed by atoms with Gasteiger partial charge in [0.05, 0.1) is 11.5 Å². The van der Waals surface area contributed by atoms with Crippen LogP contribution in [-0.2, 0) is 4.79 Å². The van der Waals surface area contributed by atoms with Gasteiger partial charge in [-0.05, 0) is 29.8 Å².